The Morgan fingerprint density at radius 2 is 1.96 bits per heavy atom. The van der Waals surface area contributed by atoms with Gasteiger partial charge in [-0.2, -0.15) is 0 Å². The van der Waals surface area contributed by atoms with E-state index in [1.54, 1.807) is 14.2 Å². The Morgan fingerprint density at radius 1 is 1.15 bits per heavy atom. The summed E-state index contributed by atoms with van der Waals surface area (Å²) in [5.74, 6) is 1.86. The van der Waals surface area contributed by atoms with Gasteiger partial charge in [-0.1, -0.05) is 37.3 Å². The number of aliphatic imine (C=N–C) groups is 1. The van der Waals surface area contributed by atoms with Gasteiger partial charge in [0, 0.05) is 18.8 Å². The zero-order valence-electron chi connectivity index (χ0n) is 15.7. The highest BCUT2D eigenvalue weighted by molar-refractivity contribution is 6.07. The van der Waals surface area contributed by atoms with E-state index in [1.807, 2.05) is 0 Å². The molecule has 4 rings (SSSR count). The highest BCUT2D eigenvalue weighted by Crippen LogP contribution is 2.53. The first-order valence-corrected chi connectivity index (χ1v) is 9.29. The second-order valence-electron chi connectivity index (χ2n) is 7.19. The van der Waals surface area contributed by atoms with E-state index in [2.05, 4.69) is 60.4 Å². The van der Waals surface area contributed by atoms with Crippen LogP contribution in [0.5, 0.6) is 0 Å². The van der Waals surface area contributed by atoms with Crippen molar-refractivity contribution in [2.24, 2.45) is 16.3 Å². The molecule has 136 valence electrons. The third-order valence-corrected chi connectivity index (χ3v) is 5.96. The van der Waals surface area contributed by atoms with E-state index < -0.39 is 0 Å². The number of rotatable bonds is 5. The Bertz CT molecular complexity index is 807. The third-order valence-electron chi connectivity index (χ3n) is 5.96. The number of hydrogen-bond donors (Lipinski definition) is 0. The molecule has 3 aliphatic rings. The molecule has 0 N–H and O–H groups in total. The molecule has 1 fully saturated rings. The molecule has 0 radical (unpaired) electrons. The molecule has 2 unspecified atom stereocenters. The number of hydrogen-bond acceptors (Lipinski definition) is 4. The van der Waals surface area contributed by atoms with Crippen molar-refractivity contribution in [2.75, 3.05) is 27.3 Å². The van der Waals surface area contributed by atoms with Crippen LogP contribution in [0.25, 0.3) is 0 Å². The van der Waals surface area contributed by atoms with E-state index in [-0.39, 0.29) is 5.41 Å². The van der Waals surface area contributed by atoms with Crippen molar-refractivity contribution >= 4 is 5.71 Å². The fourth-order valence-corrected chi connectivity index (χ4v) is 4.54. The molecule has 0 bridgehead atoms. The average molecular weight is 350 g/mol. The quantitative estimate of drug-likeness (QED) is 0.807. The van der Waals surface area contributed by atoms with Crippen LogP contribution in [-0.4, -0.2) is 37.9 Å². The monoisotopic (exact) mass is 350 g/mol. The molecule has 1 spiro atoms. The van der Waals surface area contributed by atoms with Gasteiger partial charge in [-0.3, -0.25) is 0 Å². The van der Waals surface area contributed by atoms with Crippen LogP contribution in [0.15, 0.2) is 70.9 Å². The largest absolute Gasteiger partial charge is 0.495 e. The van der Waals surface area contributed by atoms with Crippen molar-refractivity contribution in [1.82, 2.24) is 4.90 Å². The first kappa shape index (κ1) is 17.0. The molecule has 1 saturated heterocycles. The fourth-order valence-electron chi connectivity index (χ4n) is 4.54. The molecule has 1 aromatic carbocycles. The molecule has 2 aliphatic heterocycles. The summed E-state index contributed by atoms with van der Waals surface area (Å²) in [6.45, 7) is 4.33. The van der Waals surface area contributed by atoms with Crippen LogP contribution in [0, 0.1) is 11.3 Å². The average Bonchev–Trinajstić information content (AvgIpc) is 3.06. The van der Waals surface area contributed by atoms with Crippen molar-refractivity contribution in [3.63, 3.8) is 0 Å². The van der Waals surface area contributed by atoms with Crippen LogP contribution >= 0.6 is 0 Å². The minimum absolute atomic E-state index is 0.0984. The summed E-state index contributed by atoms with van der Waals surface area (Å²) < 4.78 is 11.1. The van der Waals surface area contributed by atoms with Crippen LogP contribution < -0.4 is 0 Å². The van der Waals surface area contributed by atoms with Gasteiger partial charge >= 0.3 is 0 Å². The molecule has 0 amide bonds. The predicted molar refractivity (Wildman–Crippen MR) is 104 cm³/mol. The number of ether oxygens (including phenoxy) is 2. The van der Waals surface area contributed by atoms with Gasteiger partial charge in [0.25, 0.3) is 0 Å². The van der Waals surface area contributed by atoms with Gasteiger partial charge in [0.1, 0.15) is 5.76 Å². The molecular weight excluding hydrogens is 324 g/mol. The van der Waals surface area contributed by atoms with Crippen LogP contribution in [0.4, 0.5) is 0 Å². The van der Waals surface area contributed by atoms with E-state index in [4.69, 9.17) is 14.5 Å². The lowest BCUT2D eigenvalue weighted by atomic mass is 9.66. The Morgan fingerprint density at radius 3 is 2.69 bits per heavy atom. The van der Waals surface area contributed by atoms with E-state index >= 15 is 0 Å². The third kappa shape index (κ3) is 2.56. The van der Waals surface area contributed by atoms with Gasteiger partial charge < -0.3 is 14.4 Å². The topological polar surface area (TPSA) is 34.1 Å². The summed E-state index contributed by atoms with van der Waals surface area (Å²) in [6, 6.07) is 10.7. The molecule has 0 saturated carbocycles. The van der Waals surface area contributed by atoms with E-state index in [1.165, 1.54) is 11.3 Å². The van der Waals surface area contributed by atoms with Crippen molar-refractivity contribution in [1.29, 1.82) is 0 Å². The maximum absolute atomic E-state index is 5.65. The van der Waals surface area contributed by atoms with E-state index in [0.29, 0.717) is 11.8 Å². The number of allylic oxidation sites excluding steroid dienone is 5. The van der Waals surface area contributed by atoms with Crippen LogP contribution in [0.2, 0.25) is 0 Å². The summed E-state index contributed by atoms with van der Waals surface area (Å²) >= 11 is 0. The summed E-state index contributed by atoms with van der Waals surface area (Å²) in [5, 5.41) is 0. The number of likely N-dealkylation sites (tertiary alicyclic amines) is 1. The normalized spacial score (nSPS) is 26.9. The Labute approximate surface area is 155 Å². The summed E-state index contributed by atoms with van der Waals surface area (Å²) in [5.41, 5.74) is 3.67. The van der Waals surface area contributed by atoms with Gasteiger partial charge in [0.15, 0.2) is 0 Å². The predicted octanol–water partition coefficient (Wildman–Crippen LogP) is 3.93. The highest BCUT2D eigenvalue weighted by Gasteiger charge is 2.54. The Balaban J connectivity index is 1.65. The Kier molecular flexibility index (Phi) is 4.35. The summed E-state index contributed by atoms with van der Waals surface area (Å²) in [6.07, 6.45) is 8.55. The molecule has 4 heteroatoms. The number of methoxy groups -OCH3 is 2. The lowest BCUT2D eigenvalue weighted by Gasteiger charge is -2.42. The Hall–Kier alpha value is -2.49. The minimum atomic E-state index is -0.0984. The SMILES string of the molecule is COC1=CC(C)C23CCN(CCc4ccccc4)C2=CC=C(OC)C3=N1. The molecular formula is C22H26N2O2. The molecule has 26 heavy (non-hydrogen) atoms. The molecule has 1 aliphatic carbocycles. The molecule has 2 atom stereocenters. The lowest BCUT2D eigenvalue weighted by molar-refractivity contribution is 0.254. The zero-order valence-corrected chi connectivity index (χ0v) is 15.7. The molecule has 2 heterocycles. The van der Waals surface area contributed by atoms with Crippen LogP contribution in [0.1, 0.15) is 18.9 Å². The highest BCUT2D eigenvalue weighted by atomic mass is 16.5. The van der Waals surface area contributed by atoms with Gasteiger partial charge in [-0.25, -0.2) is 4.99 Å². The van der Waals surface area contributed by atoms with Crippen molar-refractivity contribution < 1.29 is 9.47 Å². The first-order valence-electron chi connectivity index (χ1n) is 9.29. The second-order valence-corrected chi connectivity index (χ2v) is 7.19. The first-order chi connectivity index (χ1) is 12.7. The summed E-state index contributed by atoms with van der Waals surface area (Å²) in [7, 11) is 3.40. The van der Waals surface area contributed by atoms with E-state index in [0.717, 1.165) is 37.4 Å². The van der Waals surface area contributed by atoms with Crippen molar-refractivity contribution in [3.05, 3.63) is 71.5 Å². The van der Waals surface area contributed by atoms with Gasteiger partial charge in [-0.15, -0.1) is 0 Å². The lowest BCUT2D eigenvalue weighted by Crippen LogP contribution is -2.43. The van der Waals surface area contributed by atoms with Gasteiger partial charge in [-0.05, 0) is 42.6 Å². The van der Waals surface area contributed by atoms with Crippen LogP contribution in [0.3, 0.4) is 0 Å². The molecule has 1 aromatic rings. The van der Waals surface area contributed by atoms with Crippen molar-refractivity contribution in [3.8, 4) is 0 Å². The maximum atomic E-state index is 5.65. The zero-order chi connectivity index (χ0) is 18.1. The summed E-state index contributed by atoms with van der Waals surface area (Å²) in [4.78, 5) is 7.33. The molecule has 4 nitrogen and oxygen atoms in total. The minimum Gasteiger partial charge on any atom is -0.495 e. The number of nitrogens with zero attached hydrogens (tertiary/aromatic N) is 2. The smallest absolute Gasteiger partial charge is 0.209 e. The number of benzene rings is 1. The van der Waals surface area contributed by atoms with Gasteiger partial charge in [0.05, 0.1) is 25.3 Å². The second kappa shape index (κ2) is 6.67. The maximum Gasteiger partial charge on any atom is 0.209 e. The standard InChI is InChI=1S/C22H26N2O2/c1-16-15-20(26-3)23-21-18(25-2)9-10-19-22(16,21)12-14-24(19)13-11-17-7-5-4-6-8-17/h4-10,15-16H,11-14H2,1-3H3. The van der Waals surface area contributed by atoms with Gasteiger partial charge in [0.2, 0.25) is 5.88 Å². The fraction of sp³-hybridized carbons (Fsp3) is 0.409. The van der Waals surface area contributed by atoms with Crippen molar-refractivity contribution in [2.45, 2.75) is 19.8 Å². The van der Waals surface area contributed by atoms with Crippen LogP contribution in [-0.2, 0) is 15.9 Å². The molecule has 0 aromatic heterocycles. The van der Waals surface area contributed by atoms with E-state index in [9.17, 15) is 0 Å².